The first-order valence-corrected chi connectivity index (χ1v) is 8.76. The molecular formula is C13H18N5O5P. The lowest BCUT2D eigenvalue weighted by molar-refractivity contribution is 0.0583. The largest absolute Gasteiger partial charge is 0.474 e. The number of phosphoric acid groups is 1. The molecule has 24 heavy (non-hydrogen) atoms. The first kappa shape index (κ1) is 16.8. The van der Waals surface area contributed by atoms with E-state index in [4.69, 9.17) is 24.0 Å². The maximum Gasteiger partial charge on any atom is 0.474 e. The molecule has 0 aliphatic carbocycles. The third kappa shape index (κ3) is 3.27. The first-order chi connectivity index (χ1) is 11.6. The van der Waals surface area contributed by atoms with Gasteiger partial charge in [-0.3, -0.25) is 18.1 Å². The van der Waals surface area contributed by atoms with Crippen LogP contribution in [0, 0.1) is 0 Å². The average molecular weight is 355 g/mol. The van der Waals surface area contributed by atoms with Crippen LogP contribution in [0.2, 0.25) is 0 Å². The summed E-state index contributed by atoms with van der Waals surface area (Å²) < 4.78 is 34.6. The Morgan fingerprint density at radius 3 is 3.00 bits per heavy atom. The quantitative estimate of drug-likeness (QED) is 0.743. The SMILES string of the molecule is CCOP(=O)(OC)OCC1=CC[C@H](n2cnc3c(N)ncnc32)O1. The van der Waals surface area contributed by atoms with Crippen molar-refractivity contribution in [1.29, 1.82) is 0 Å². The van der Waals surface area contributed by atoms with Gasteiger partial charge in [-0.25, -0.2) is 19.5 Å². The molecule has 130 valence electrons. The van der Waals surface area contributed by atoms with Crippen LogP contribution in [0.3, 0.4) is 0 Å². The van der Waals surface area contributed by atoms with Gasteiger partial charge in [-0.2, -0.15) is 0 Å². The summed E-state index contributed by atoms with van der Waals surface area (Å²) in [6.45, 7) is 1.90. The van der Waals surface area contributed by atoms with Crippen LogP contribution in [0.25, 0.3) is 11.2 Å². The summed E-state index contributed by atoms with van der Waals surface area (Å²) in [5, 5.41) is 0. The van der Waals surface area contributed by atoms with Crippen LogP contribution in [0.5, 0.6) is 0 Å². The number of anilines is 1. The fourth-order valence-corrected chi connectivity index (χ4v) is 3.18. The molecule has 0 bridgehead atoms. The highest BCUT2D eigenvalue weighted by Gasteiger charge is 2.28. The topological polar surface area (TPSA) is 124 Å². The van der Waals surface area contributed by atoms with Crippen molar-refractivity contribution in [1.82, 2.24) is 19.5 Å². The van der Waals surface area contributed by atoms with Crippen LogP contribution in [-0.2, 0) is 22.9 Å². The van der Waals surface area contributed by atoms with Gasteiger partial charge >= 0.3 is 7.82 Å². The highest BCUT2D eigenvalue weighted by molar-refractivity contribution is 7.48. The molecule has 0 spiro atoms. The number of fused-ring (bicyclic) bond motifs is 1. The number of aromatic nitrogens is 4. The third-order valence-electron chi connectivity index (χ3n) is 3.41. The van der Waals surface area contributed by atoms with Gasteiger partial charge in [0.25, 0.3) is 0 Å². The monoisotopic (exact) mass is 355 g/mol. The molecule has 3 rings (SSSR count). The fraction of sp³-hybridized carbons (Fsp3) is 0.462. The average Bonchev–Trinajstić information content (AvgIpc) is 3.20. The third-order valence-corrected chi connectivity index (χ3v) is 4.87. The van der Waals surface area contributed by atoms with Crippen LogP contribution in [-0.4, -0.2) is 39.8 Å². The molecule has 2 N–H and O–H groups in total. The molecule has 0 saturated heterocycles. The Labute approximate surface area is 138 Å². The summed E-state index contributed by atoms with van der Waals surface area (Å²) in [6, 6.07) is 0. The minimum absolute atomic E-state index is 0.0224. The Kier molecular flexibility index (Phi) is 4.81. The first-order valence-electron chi connectivity index (χ1n) is 7.30. The molecule has 1 aliphatic heterocycles. The normalized spacial score (nSPS) is 19.9. The lowest BCUT2D eigenvalue weighted by Gasteiger charge is -2.17. The standard InChI is InChI=1S/C13H18N5O5P/c1-3-21-24(19,20-2)22-6-9-4-5-10(23-9)18-8-17-11-12(14)15-7-16-13(11)18/h4,7-8,10H,3,5-6H2,1-2H3,(H2,14,15,16)/t10-,24?/m1/s1. The van der Waals surface area contributed by atoms with E-state index in [2.05, 4.69) is 15.0 Å². The van der Waals surface area contributed by atoms with Crippen molar-refractivity contribution in [2.24, 2.45) is 0 Å². The van der Waals surface area contributed by atoms with Crippen LogP contribution in [0.4, 0.5) is 5.82 Å². The number of nitrogens with zero attached hydrogens (tertiary/aromatic N) is 4. The van der Waals surface area contributed by atoms with Crippen molar-refractivity contribution >= 4 is 24.8 Å². The zero-order chi connectivity index (χ0) is 17.2. The lowest BCUT2D eigenvalue weighted by atomic mass is 10.3. The van der Waals surface area contributed by atoms with Crippen molar-refractivity contribution in [2.45, 2.75) is 19.6 Å². The number of phosphoric ester groups is 1. The number of imidazole rings is 1. The number of rotatable bonds is 7. The van der Waals surface area contributed by atoms with E-state index in [1.807, 2.05) is 6.08 Å². The van der Waals surface area contributed by atoms with Gasteiger partial charge in [0.15, 0.2) is 17.7 Å². The molecule has 0 amide bonds. The predicted octanol–water partition coefficient (Wildman–Crippen LogP) is 2.02. The maximum absolute atomic E-state index is 12.1. The van der Waals surface area contributed by atoms with E-state index in [1.54, 1.807) is 17.8 Å². The predicted molar refractivity (Wildman–Crippen MR) is 84.8 cm³/mol. The van der Waals surface area contributed by atoms with Crippen LogP contribution >= 0.6 is 7.82 Å². The second kappa shape index (κ2) is 6.86. The Hall–Kier alpha value is -2.00. The van der Waals surface area contributed by atoms with Crippen LogP contribution in [0.1, 0.15) is 19.6 Å². The van der Waals surface area contributed by atoms with Gasteiger partial charge < -0.3 is 10.5 Å². The van der Waals surface area contributed by atoms with E-state index in [0.29, 0.717) is 29.2 Å². The van der Waals surface area contributed by atoms with Crippen molar-refractivity contribution in [3.05, 3.63) is 24.5 Å². The molecule has 2 aromatic heterocycles. The van der Waals surface area contributed by atoms with Gasteiger partial charge in [0.2, 0.25) is 0 Å². The van der Waals surface area contributed by atoms with E-state index in [-0.39, 0.29) is 19.4 Å². The van der Waals surface area contributed by atoms with Gasteiger partial charge in [-0.1, -0.05) is 0 Å². The smallest absolute Gasteiger partial charge is 0.472 e. The number of hydrogen-bond acceptors (Lipinski definition) is 9. The Morgan fingerprint density at radius 2 is 2.25 bits per heavy atom. The molecule has 0 aromatic carbocycles. The Balaban J connectivity index is 1.66. The molecule has 2 aromatic rings. The summed E-state index contributed by atoms with van der Waals surface area (Å²) in [4.78, 5) is 12.3. The zero-order valence-electron chi connectivity index (χ0n) is 13.3. The molecule has 0 saturated carbocycles. The molecular weight excluding hydrogens is 337 g/mol. The second-order valence-corrected chi connectivity index (χ2v) is 6.66. The van der Waals surface area contributed by atoms with Crippen molar-refractivity contribution in [3.8, 4) is 0 Å². The summed E-state index contributed by atoms with van der Waals surface area (Å²) in [5.41, 5.74) is 6.88. The maximum atomic E-state index is 12.1. The van der Waals surface area contributed by atoms with Gasteiger partial charge in [0.1, 0.15) is 30.5 Å². The zero-order valence-corrected chi connectivity index (χ0v) is 14.2. The number of nitrogens with two attached hydrogens (primary N) is 1. The minimum atomic E-state index is -3.56. The summed E-state index contributed by atoms with van der Waals surface area (Å²) in [6.07, 6.45) is 5.06. The van der Waals surface area contributed by atoms with Crippen molar-refractivity contribution < 1.29 is 22.9 Å². The highest BCUT2D eigenvalue weighted by atomic mass is 31.2. The summed E-state index contributed by atoms with van der Waals surface area (Å²) >= 11 is 0. The van der Waals surface area contributed by atoms with E-state index in [1.165, 1.54) is 13.4 Å². The van der Waals surface area contributed by atoms with Crippen LogP contribution in [0.15, 0.2) is 24.5 Å². The Morgan fingerprint density at radius 1 is 1.42 bits per heavy atom. The molecule has 3 heterocycles. The van der Waals surface area contributed by atoms with Crippen LogP contribution < -0.4 is 5.73 Å². The molecule has 1 aliphatic rings. The molecule has 0 fully saturated rings. The van der Waals surface area contributed by atoms with E-state index in [9.17, 15) is 4.57 Å². The van der Waals surface area contributed by atoms with Gasteiger partial charge in [0.05, 0.1) is 6.61 Å². The van der Waals surface area contributed by atoms with E-state index >= 15 is 0 Å². The fourth-order valence-electron chi connectivity index (χ4n) is 2.29. The van der Waals surface area contributed by atoms with E-state index < -0.39 is 7.82 Å². The molecule has 10 nitrogen and oxygen atoms in total. The summed E-state index contributed by atoms with van der Waals surface area (Å²) in [7, 11) is -2.29. The number of hydrogen-bond donors (Lipinski definition) is 1. The molecule has 2 atom stereocenters. The molecule has 1 unspecified atom stereocenters. The second-order valence-electron chi connectivity index (χ2n) is 4.88. The lowest BCUT2D eigenvalue weighted by Crippen LogP contribution is -2.09. The minimum Gasteiger partial charge on any atom is -0.472 e. The molecule has 0 radical (unpaired) electrons. The van der Waals surface area contributed by atoms with Gasteiger partial charge in [0, 0.05) is 13.5 Å². The van der Waals surface area contributed by atoms with E-state index in [0.717, 1.165) is 0 Å². The van der Waals surface area contributed by atoms with Gasteiger partial charge in [-0.15, -0.1) is 0 Å². The van der Waals surface area contributed by atoms with Gasteiger partial charge in [-0.05, 0) is 13.0 Å². The highest BCUT2D eigenvalue weighted by Crippen LogP contribution is 2.49. The number of nitrogen functional groups attached to an aromatic ring is 1. The number of ether oxygens (including phenoxy) is 1. The van der Waals surface area contributed by atoms with Crippen molar-refractivity contribution in [2.75, 3.05) is 26.1 Å². The molecule has 11 heteroatoms. The van der Waals surface area contributed by atoms with Crippen molar-refractivity contribution in [3.63, 3.8) is 0 Å². The Bertz CT molecular complexity index is 807. The summed E-state index contributed by atoms with van der Waals surface area (Å²) in [5.74, 6) is 0.840.